The molecule has 0 spiro atoms. The molecule has 0 atom stereocenters. The molecule has 1 aliphatic heterocycles. The first kappa shape index (κ1) is 18.2. The average Bonchev–Trinajstić information content (AvgIpc) is 3.06. The maximum absolute atomic E-state index is 13.0. The number of amides is 2. The van der Waals surface area contributed by atoms with Gasteiger partial charge in [0.2, 0.25) is 11.8 Å². The number of hydrogen-bond acceptors (Lipinski definition) is 3. The largest absolute Gasteiger partial charge is 0.369 e. The van der Waals surface area contributed by atoms with E-state index in [1.165, 1.54) is 0 Å². The highest BCUT2D eigenvalue weighted by Gasteiger charge is 2.26. The van der Waals surface area contributed by atoms with Crippen LogP contribution in [-0.4, -0.2) is 39.4 Å². The maximum atomic E-state index is 13.0. The van der Waals surface area contributed by atoms with Crippen molar-refractivity contribution in [2.45, 2.75) is 25.8 Å². The van der Waals surface area contributed by atoms with Gasteiger partial charge in [-0.05, 0) is 30.5 Å². The third-order valence-electron chi connectivity index (χ3n) is 5.48. The van der Waals surface area contributed by atoms with E-state index in [1.54, 1.807) is 0 Å². The van der Waals surface area contributed by atoms with E-state index in [-0.39, 0.29) is 24.3 Å². The summed E-state index contributed by atoms with van der Waals surface area (Å²) in [4.78, 5) is 30.9. The van der Waals surface area contributed by atoms with Gasteiger partial charge in [-0.1, -0.05) is 42.5 Å². The molecule has 0 bridgehead atoms. The van der Waals surface area contributed by atoms with Gasteiger partial charge in [-0.25, -0.2) is 4.98 Å². The zero-order valence-electron chi connectivity index (χ0n) is 15.8. The number of benzene rings is 2. The Labute approximate surface area is 164 Å². The first-order chi connectivity index (χ1) is 13.6. The Morgan fingerprint density at radius 1 is 1.00 bits per heavy atom. The number of para-hydroxylation sites is 2. The summed E-state index contributed by atoms with van der Waals surface area (Å²) in [6.45, 7) is 1.41. The van der Waals surface area contributed by atoms with Gasteiger partial charge in [-0.2, -0.15) is 0 Å². The fourth-order valence-corrected chi connectivity index (χ4v) is 3.86. The summed E-state index contributed by atoms with van der Waals surface area (Å²) < 4.78 is 2.02. The summed E-state index contributed by atoms with van der Waals surface area (Å²) >= 11 is 0. The Morgan fingerprint density at radius 3 is 2.39 bits per heavy atom. The molecule has 1 saturated heterocycles. The third-order valence-corrected chi connectivity index (χ3v) is 5.48. The van der Waals surface area contributed by atoms with E-state index in [0.29, 0.717) is 32.4 Å². The van der Waals surface area contributed by atoms with Crippen molar-refractivity contribution < 1.29 is 9.59 Å². The number of likely N-dealkylation sites (tertiary alicyclic amines) is 1. The smallest absolute Gasteiger partial charge is 0.242 e. The van der Waals surface area contributed by atoms with Gasteiger partial charge >= 0.3 is 0 Å². The van der Waals surface area contributed by atoms with Crippen LogP contribution in [0.3, 0.4) is 0 Å². The summed E-state index contributed by atoms with van der Waals surface area (Å²) in [5.41, 5.74) is 8.42. The van der Waals surface area contributed by atoms with Gasteiger partial charge < -0.3 is 15.2 Å². The Morgan fingerprint density at radius 2 is 1.68 bits per heavy atom. The van der Waals surface area contributed by atoms with Crippen molar-refractivity contribution in [2.24, 2.45) is 11.7 Å². The summed E-state index contributed by atoms with van der Waals surface area (Å²) in [5.74, 6) is 0.553. The van der Waals surface area contributed by atoms with Crippen molar-refractivity contribution in [1.82, 2.24) is 14.5 Å². The van der Waals surface area contributed by atoms with Crippen molar-refractivity contribution in [2.75, 3.05) is 13.1 Å². The molecule has 3 aromatic rings. The summed E-state index contributed by atoms with van der Waals surface area (Å²) in [5, 5.41) is 0. The topological polar surface area (TPSA) is 81.2 Å². The maximum Gasteiger partial charge on any atom is 0.242 e. The van der Waals surface area contributed by atoms with Crippen molar-refractivity contribution in [1.29, 1.82) is 0 Å². The molecule has 28 heavy (non-hydrogen) atoms. The van der Waals surface area contributed by atoms with Gasteiger partial charge in [-0.3, -0.25) is 9.59 Å². The Kier molecular flexibility index (Phi) is 5.10. The normalized spacial score (nSPS) is 15.1. The Balaban J connectivity index is 1.56. The number of nitrogens with two attached hydrogens (primary N) is 1. The highest BCUT2D eigenvalue weighted by molar-refractivity contribution is 5.82. The summed E-state index contributed by atoms with van der Waals surface area (Å²) in [7, 11) is 0. The Hall–Kier alpha value is -3.15. The number of carbonyl (C=O) groups excluding carboxylic acids is 2. The molecular formula is C22H24N4O2. The minimum atomic E-state index is -0.266. The monoisotopic (exact) mass is 376 g/mol. The predicted molar refractivity (Wildman–Crippen MR) is 107 cm³/mol. The van der Waals surface area contributed by atoms with Crippen LogP contribution >= 0.6 is 0 Å². The van der Waals surface area contributed by atoms with Crippen LogP contribution in [0.15, 0.2) is 54.6 Å². The van der Waals surface area contributed by atoms with Crippen LogP contribution in [0.2, 0.25) is 0 Å². The summed E-state index contributed by atoms with van der Waals surface area (Å²) in [6.07, 6.45) is 1.96. The SMILES string of the molecule is NC(=O)C1CCN(C(=O)Cn2c(Cc3ccccc3)nc3ccccc32)CC1. The minimum Gasteiger partial charge on any atom is -0.369 e. The van der Waals surface area contributed by atoms with E-state index in [2.05, 4.69) is 12.1 Å². The highest BCUT2D eigenvalue weighted by atomic mass is 16.2. The molecule has 0 saturated carbocycles. The molecule has 2 heterocycles. The molecule has 2 N–H and O–H groups in total. The fourth-order valence-electron chi connectivity index (χ4n) is 3.86. The molecule has 1 fully saturated rings. The van der Waals surface area contributed by atoms with Crippen LogP contribution in [0.1, 0.15) is 24.2 Å². The lowest BCUT2D eigenvalue weighted by molar-refractivity contribution is -0.135. The quantitative estimate of drug-likeness (QED) is 0.742. The molecule has 6 nitrogen and oxygen atoms in total. The van der Waals surface area contributed by atoms with E-state index in [9.17, 15) is 9.59 Å². The summed E-state index contributed by atoms with van der Waals surface area (Å²) in [6, 6.07) is 18.1. The lowest BCUT2D eigenvalue weighted by atomic mass is 9.96. The van der Waals surface area contributed by atoms with E-state index in [4.69, 9.17) is 10.7 Å². The van der Waals surface area contributed by atoms with Gasteiger partial charge in [0, 0.05) is 25.4 Å². The number of rotatable bonds is 5. The Bertz CT molecular complexity index is 988. The number of piperidine rings is 1. The van der Waals surface area contributed by atoms with Crippen molar-refractivity contribution >= 4 is 22.8 Å². The van der Waals surface area contributed by atoms with Crippen LogP contribution in [0, 0.1) is 5.92 Å². The predicted octanol–water partition coefficient (Wildman–Crippen LogP) is 2.35. The van der Waals surface area contributed by atoms with Gasteiger partial charge in [-0.15, -0.1) is 0 Å². The first-order valence-electron chi connectivity index (χ1n) is 9.67. The molecule has 144 valence electrons. The average molecular weight is 376 g/mol. The molecule has 2 amide bonds. The van der Waals surface area contributed by atoms with Crippen LogP contribution in [0.4, 0.5) is 0 Å². The van der Waals surface area contributed by atoms with E-state index in [1.807, 2.05) is 51.9 Å². The van der Waals surface area contributed by atoms with Crippen LogP contribution in [0.5, 0.6) is 0 Å². The second-order valence-electron chi connectivity index (χ2n) is 7.32. The van der Waals surface area contributed by atoms with Crippen molar-refractivity contribution in [3.05, 3.63) is 66.0 Å². The second kappa shape index (κ2) is 7.84. The number of primary amides is 1. The van der Waals surface area contributed by atoms with E-state index >= 15 is 0 Å². The minimum absolute atomic E-state index is 0.0559. The lowest BCUT2D eigenvalue weighted by Gasteiger charge is -2.30. The van der Waals surface area contributed by atoms with Crippen molar-refractivity contribution in [3.8, 4) is 0 Å². The second-order valence-corrected chi connectivity index (χ2v) is 7.32. The first-order valence-corrected chi connectivity index (χ1v) is 9.67. The number of nitrogens with zero attached hydrogens (tertiary/aromatic N) is 3. The molecule has 0 aliphatic carbocycles. The zero-order valence-corrected chi connectivity index (χ0v) is 15.8. The number of fused-ring (bicyclic) bond motifs is 1. The van der Waals surface area contributed by atoms with Crippen LogP contribution in [-0.2, 0) is 22.6 Å². The van der Waals surface area contributed by atoms with Gasteiger partial charge in [0.25, 0.3) is 0 Å². The number of imidazole rings is 1. The van der Waals surface area contributed by atoms with E-state index < -0.39 is 0 Å². The highest BCUT2D eigenvalue weighted by Crippen LogP contribution is 2.21. The lowest BCUT2D eigenvalue weighted by Crippen LogP contribution is -2.43. The van der Waals surface area contributed by atoms with Gasteiger partial charge in [0.1, 0.15) is 12.4 Å². The molecule has 6 heteroatoms. The van der Waals surface area contributed by atoms with Gasteiger partial charge in [0.15, 0.2) is 0 Å². The molecular weight excluding hydrogens is 352 g/mol. The molecule has 0 radical (unpaired) electrons. The molecule has 0 unspecified atom stereocenters. The van der Waals surface area contributed by atoms with E-state index in [0.717, 1.165) is 22.4 Å². The molecule has 2 aromatic carbocycles. The van der Waals surface area contributed by atoms with Crippen LogP contribution in [0.25, 0.3) is 11.0 Å². The number of carbonyl (C=O) groups is 2. The molecule has 4 rings (SSSR count). The van der Waals surface area contributed by atoms with Crippen molar-refractivity contribution in [3.63, 3.8) is 0 Å². The number of aromatic nitrogens is 2. The van der Waals surface area contributed by atoms with Crippen LogP contribution < -0.4 is 5.73 Å². The fraction of sp³-hybridized carbons (Fsp3) is 0.318. The van der Waals surface area contributed by atoms with Gasteiger partial charge in [0.05, 0.1) is 11.0 Å². The molecule has 1 aliphatic rings. The zero-order chi connectivity index (χ0) is 19.5. The molecule has 1 aromatic heterocycles. The standard InChI is InChI=1S/C22H24N4O2/c23-22(28)17-10-12-25(13-11-17)21(27)15-26-19-9-5-4-8-18(19)24-20(26)14-16-6-2-1-3-7-16/h1-9,17H,10-15H2,(H2,23,28). The third kappa shape index (κ3) is 3.76. The number of hydrogen-bond donors (Lipinski definition) is 1.